The molecule has 5 nitrogen and oxygen atoms in total. The number of aliphatic hydroxyl groups is 1. The Bertz CT molecular complexity index is 275. The summed E-state index contributed by atoms with van der Waals surface area (Å²) in [6, 6.07) is 0. The van der Waals surface area contributed by atoms with Crippen LogP contribution in [0.15, 0.2) is 0 Å². The van der Waals surface area contributed by atoms with E-state index in [2.05, 4.69) is 10.6 Å². The van der Waals surface area contributed by atoms with Crippen molar-refractivity contribution in [3.8, 4) is 0 Å². The van der Waals surface area contributed by atoms with Crippen LogP contribution in [-0.4, -0.2) is 36.1 Å². The van der Waals surface area contributed by atoms with Gasteiger partial charge in [0.25, 0.3) is 0 Å². The predicted octanol–water partition coefficient (Wildman–Crippen LogP) is 0.570. The zero-order valence-electron chi connectivity index (χ0n) is 11.1. The number of aliphatic hydroxyl groups excluding tert-OH is 1. The fourth-order valence-corrected chi connectivity index (χ4v) is 2.14. The van der Waals surface area contributed by atoms with Crippen molar-refractivity contribution in [2.45, 2.75) is 51.6 Å². The average molecular weight is 256 g/mol. The second-order valence-electron chi connectivity index (χ2n) is 4.90. The molecule has 0 saturated heterocycles. The van der Waals surface area contributed by atoms with E-state index < -0.39 is 0 Å². The summed E-state index contributed by atoms with van der Waals surface area (Å²) in [6.45, 7) is 2.39. The Morgan fingerprint density at radius 2 is 1.94 bits per heavy atom. The highest BCUT2D eigenvalue weighted by molar-refractivity contribution is 5.85. The van der Waals surface area contributed by atoms with Crippen molar-refractivity contribution in [3.05, 3.63) is 0 Å². The quantitative estimate of drug-likeness (QED) is 0.623. The highest BCUT2D eigenvalue weighted by Crippen LogP contribution is 2.24. The van der Waals surface area contributed by atoms with Gasteiger partial charge in [-0.15, -0.1) is 0 Å². The van der Waals surface area contributed by atoms with Gasteiger partial charge < -0.3 is 15.7 Å². The topological polar surface area (TPSA) is 78.4 Å². The van der Waals surface area contributed by atoms with Crippen molar-refractivity contribution >= 4 is 11.8 Å². The molecule has 0 heterocycles. The van der Waals surface area contributed by atoms with Gasteiger partial charge in [-0.1, -0.05) is 19.8 Å². The maximum absolute atomic E-state index is 11.6. The lowest BCUT2D eigenvalue weighted by molar-refractivity contribution is -0.128. The van der Waals surface area contributed by atoms with Crippen LogP contribution in [0.2, 0.25) is 0 Å². The van der Waals surface area contributed by atoms with E-state index in [-0.39, 0.29) is 30.4 Å². The Morgan fingerprint density at radius 3 is 2.56 bits per heavy atom. The molecule has 0 aliphatic heterocycles. The van der Waals surface area contributed by atoms with E-state index >= 15 is 0 Å². The minimum absolute atomic E-state index is 0.00348. The van der Waals surface area contributed by atoms with Crippen molar-refractivity contribution in [3.63, 3.8) is 0 Å². The molecule has 1 unspecified atom stereocenters. The van der Waals surface area contributed by atoms with E-state index in [0.717, 1.165) is 25.7 Å². The summed E-state index contributed by atoms with van der Waals surface area (Å²) in [5.74, 6) is -0.0967. The molecule has 1 fully saturated rings. The summed E-state index contributed by atoms with van der Waals surface area (Å²) >= 11 is 0. The van der Waals surface area contributed by atoms with Gasteiger partial charge in [0.05, 0.1) is 12.6 Å². The van der Waals surface area contributed by atoms with Crippen molar-refractivity contribution in [2.24, 2.45) is 5.92 Å². The molecule has 1 aliphatic carbocycles. The third-order valence-electron chi connectivity index (χ3n) is 3.42. The molecule has 0 bridgehead atoms. The molecular weight excluding hydrogens is 232 g/mol. The number of amides is 2. The number of hydrogen-bond donors (Lipinski definition) is 3. The second-order valence-corrected chi connectivity index (χ2v) is 4.90. The summed E-state index contributed by atoms with van der Waals surface area (Å²) in [5.41, 5.74) is 0. The highest BCUT2D eigenvalue weighted by atomic mass is 16.3. The molecule has 0 spiro atoms. The van der Waals surface area contributed by atoms with Crippen LogP contribution >= 0.6 is 0 Å². The van der Waals surface area contributed by atoms with Crippen LogP contribution in [0.3, 0.4) is 0 Å². The monoisotopic (exact) mass is 256 g/mol. The van der Waals surface area contributed by atoms with Crippen molar-refractivity contribution < 1.29 is 14.7 Å². The third-order valence-corrected chi connectivity index (χ3v) is 3.42. The molecule has 0 aromatic heterocycles. The summed E-state index contributed by atoms with van der Waals surface area (Å²) in [6.07, 6.45) is 4.98. The van der Waals surface area contributed by atoms with E-state index in [0.29, 0.717) is 19.4 Å². The fourth-order valence-electron chi connectivity index (χ4n) is 2.14. The minimum Gasteiger partial charge on any atom is -0.393 e. The molecule has 1 atom stereocenters. The predicted molar refractivity (Wildman–Crippen MR) is 68.9 cm³/mol. The first-order chi connectivity index (χ1) is 8.63. The van der Waals surface area contributed by atoms with E-state index in [1.54, 1.807) is 0 Å². The summed E-state index contributed by atoms with van der Waals surface area (Å²) in [4.78, 5) is 23.1. The molecular formula is C13H24N2O3. The Hall–Kier alpha value is -1.10. The van der Waals surface area contributed by atoms with Crippen LogP contribution in [0, 0.1) is 5.92 Å². The van der Waals surface area contributed by atoms with E-state index in [4.69, 9.17) is 0 Å². The van der Waals surface area contributed by atoms with E-state index in [1.165, 1.54) is 0 Å². The minimum atomic E-state index is -0.363. The second kappa shape index (κ2) is 8.08. The van der Waals surface area contributed by atoms with E-state index in [9.17, 15) is 14.7 Å². The normalized spacial score (nSPS) is 17.4. The van der Waals surface area contributed by atoms with Gasteiger partial charge in [-0.25, -0.2) is 0 Å². The standard InChI is InChI=1S/C13H24N2O3/c1-2-11(16)7-8-14-12(17)9-15-13(18)10-5-3-4-6-10/h10-11,16H,2-9H2,1H3,(H,14,17)(H,15,18). The first kappa shape index (κ1) is 15.0. The Kier molecular flexibility index (Phi) is 6.72. The molecule has 0 radical (unpaired) electrons. The van der Waals surface area contributed by atoms with Crippen LogP contribution in [0.4, 0.5) is 0 Å². The molecule has 5 heteroatoms. The molecule has 1 saturated carbocycles. The lowest BCUT2D eigenvalue weighted by Crippen LogP contribution is -2.39. The van der Waals surface area contributed by atoms with Gasteiger partial charge in [0.2, 0.25) is 11.8 Å². The molecule has 0 aromatic carbocycles. The number of rotatable bonds is 7. The highest BCUT2D eigenvalue weighted by Gasteiger charge is 2.22. The van der Waals surface area contributed by atoms with Gasteiger partial charge in [-0.05, 0) is 25.7 Å². The molecule has 3 N–H and O–H groups in total. The van der Waals surface area contributed by atoms with Gasteiger partial charge in [0.15, 0.2) is 0 Å². The van der Waals surface area contributed by atoms with Crippen LogP contribution < -0.4 is 10.6 Å². The molecule has 1 rings (SSSR count). The fraction of sp³-hybridized carbons (Fsp3) is 0.846. The first-order valence-electron chi connectivity index (χ1n) is 6.86. The Labute approximate surface area is 108 Å². The lowest BCUT2D eigenvalue weighted by Gasteiger charge is -2.11. The molecule has 1 aliphatic rings. The van der Waals surface area contributed by atoms with Gasteiger partial charge in [0.1, 0.15) is 0 Å². The number of nitrogens with one attached hydrogen (secondary N) is 2. The largest absolute Gasteiger partial charge is 0.393 e. The number of carbonyl (C=O) groups is 2. The lowest BCUT2D eigenvalue weighted by atomic mass is 10.1. The van der Waals surface area contributed by atoms with Crippen LogP contribution in [0.25, 0.3) is 0 Å². The first-order valence-corrected chi connectivity index (χ1v) is 6.86. The number of carbonyl (C=O) groups excluding carboxylic acids is 2. The van der Waals surface area contributed by atoms with Gasteiger partial charge in [-0.2, -0.15) is 0 Å². The summed E-state index contributed by atoms with van der Waals surface area (Å²) in [5, 5.41) is 14.7. The smallest absolute Gasteiger partial charge is 0.239 e. The van der Waals surface area contributed by atoms with Crippen LogP contribution in [0.1, 0.15) is 45.4 Å². The molecule has 0 aromatic rings. The maximum Gasteiger partial charge on any atom is 0.239 e. The van der Waals surface area contributed by atoms with Gasteiger partial charge in [0, 0.05) is 12.5 Å². The zero-order valence-corrected chi connectivity index (χ0v) is 11.1. The Balaban J connectivity index is 2.07. The van der Waals surface area contributed by atoms with E-state index in [1.807, 2.05) is 6.92 Å². The van der Waals surface area contributed by atoms with Crippen LogP contribution in [-0.2, 0) is 9.59 Å². The van der Waals surface area contributed by atoms with Crippen molar-refractivity contribution in [1.82, 2.24) is 10.6 Å². The zero-order chi connectivity index (χ0) is 13.4. The molecule has 18 heavy (non-hydrogen) atoms. The maximum atomic E-state index is 11.6. The third kappa shape index (κ3) is 5.49. The van der Waals surface area contributed by atoms with Gasteiger partial charge in [-0.3, -0.25) is 9.59 Å². The molecule has 104 valence electrons. The Morgan fingerprint density at radius 1 is 1.28 bits per heavy atom. The molecule has 2 amide bonds. The summed E-state index contributed by atoms with van der Waals surface area (Å²) < 4.78 is 0. The average Bonchev–Trinajstić information content (AvgIpc) is 2.89. The summed E-state index contributed by atoms with van der Waals surface area (Å²) in [7, 11) is 0. The van der Waals surface area contributed by atoms with Crippen molar-refractivity contribution in [2.75, 3.05) is 13.1 Å². The SMILES string of the molecule is CCC(O)CCNC(=O)CNC(=O)C1CCCC1. The van der Waals surface area contributed by atoms with Gasteiger partial charge >= 0.3 is 0 Å². The number of hydrogen-bond acceptors (Lipinski definition) is 3. The van der Waals surface area contributed by atoms with Crippen LogP contribution in [0.5, 0.6) is 0 Å². The van der Waals surface area contributed by atoms with Crippen molar-refractivity contribution in [1.29, 1.82) is 0 Å².